The van der Waals surface area contributed by atoms with Crippen molar-refractivity contribution in [2.75, 3.05) is 6.54 Å². The van der Waals surface area contributed by atoms with Crippen molar-refractivity contribution >= 4 is 5.69 Å². The Morgan fingerprint density at radius 3 is 2.95 bits per heavy atom. The number of nitrogens with one attached hydrogen (secondary N) is 1. The summed E-state index contributed by atoms with van der Waals surface area (Å²) in [5, 5.41) is 17.9. The maximum atomic E-state index is 10.9. The van der Waals surface area contributed by atoms with E-state index in [1.165, 1.54) is 6.07 Å². The van der Waals surface area contributed by atoms with Crippen LogP contribution >= 0.6 is 0 Å². The SMILES string of the molecule is CCNCc1cnoc1-c1ccc(C)c([N+](=O)[O-])c1. The molecule has 0 spiro atoms. The second kappa shape index (κ2) is 5.62. The molecule has 6 nitrogen and oxygen atoms in total. The topological polar surface area (TPSA) is 81.2 Å². The van der Waals surface area contributed by atoms with Crippen molar-refractivity contribution in [2.45, 2.75) is 20.4 Å². The van der Waals surface area contributed by atoms with Gasteiger partial charge in [-0.1, -0.05) is 24.2 Å². The van der Waals surface area contributed by atoms with Gasteiger partial charge in [-0.3, -0.25) is 10.1 Å². The molecule has 0 fully saturated rings. The van der Waals surface area contributed by atoms with Crippen molar-refractivity contribution in [3.05, 3.63) is 45.6 Å². The summed E-state index contributed by atoms with van der Waals surface area (Å²) in [5.74, 6) is 0.573. The van der Waals surface area contributed by atoms with Crippen molar-refractivity contribution in [1.82, 2.24) is 10.5 Å². The van der Waals surface area contributed by atoms with Gasteiger partial charge in [-0.25, -0.2) is 0 Å². The van der Waals surface area contributed by atoms with E-state index in [4.69, 9.17) is 4.52 Å². The average Bonchev–Trinajstić information content (AvgIpc) is 2.85. The third-order valence-electron chi connectivity index (χ3n) is 2.88. The van der Waals surface area contributed by atoms with Crippen LogP contribution in [0.15, 0.2) is 28.9 Å². The van der Waals surface area contributed by atoms with Crippen molar-refractivity contribution in [3.63, 3.8) is 0 Å². The van der Waals surface area contributed by atoms with E-state index in [-0.39, 0.29) is 10.6 Å². The molecule has 0 aliphatic carbocycles. The lowest BCUT2D eigenvalue weighted by atomic mass is 10.1. The number of nitro groups is 1. The molecule has 0 unspecified atom stereocenters. The van der Waals surface area contributed by atoms with Crippen molar-refractivity contribution < 1.29 is 9.45 Å². The highest BCUT2D eigenvalue weighted by atomic mass is 16.6. The highest BCUT2D eigenvalue weighted by Gasteiger charge is 2.16. The fourth-order valence-electron chi connectivity index (χ4n) is 1.83. The summed E-state index contributed by atoms with van der Waals surface area (Å²) in [4.78, 5) is 10.6. The molecule has 0 saturated heterocycles. The third kappa shape index (κ3) is 2.79. The molecule has 6 heteroatoms. The van der Waals surface area contributed by atoms with E-state index in [2.05, 4.69) is 10.5 Å². The molecule has 1 heterocycles. The molecular formula is C13H15N3O3. The zero-order chi connectivity index (χ0) is 13.8. The van der Waals surface area contributed by atoms with Crippen LogP contribution in [0.25, 0.3) is 11.3 Å². The third-order valence-corrected chi connectivity index (χ3v) is 2.88. The van der Waals surface area contributed by atoms with Crippen LogP contribution in [0.2, 0.25) is 0 Å². The maximum absolute atomic E-state index is 10.9. The molecule has 2 aromatic rings. The molecule has 0 bridgehead atoms. The first kappa shape index (κ1) is 13.2. The number of rotatable bonds is 5. The summed E-state index contributed by atoms with van der Waals surface area (Å²) >= 11 is 0. The van der Waals surface area contributed by atoms with Crippen LogP contribution in [0.4, 0.5) is 5.69 Å². The van der Waals surface area contributed by atoms with Crippen molar-refractivity contribution in [2.24, 2.45) is 0 Å². The molecule has 0 saturated carbocycles. The lowest BCUT2D eigenvalue weighted by Gasteiger charge is -2.03. The smallest absolute Gasteiger partial charge is 0.273 e. The van der Waals surface area contributed by atoms with Gasteiger partial charge in [0, 0.05) is 29.3 Å². The highest BCUT2D eigenvalue weighted by Crippen LogP contribution is 2.29. The second-order valence-electron chi connectivity index (χ2n) is 4.22. The van der Waals surface area contributed by atoms with Gasteiger partial charge in [0.25, 0.3) is 5.69 Å². The van der Waals surface area contributed by atoms with E-state index in [9.17, 15) is 10.1 Å². The number of aryl methyl sites for hydroxylation is 1. The second-order valence-corrected chi connectivity index (χ2v) is 4.22. The van der Waals surface area contributed by atoms with Gasteiger partial charge in [0.1, 0.15) is 0 Å². The van der Waals surface area contributed by atoms with Gasteiger partial charge in [-0.15, -0.1) is 0 Å². The summed E-state index contributed by atoms with van der Waals surface area (Å²) in [6.45, 7) is 5.17. The molecule has 0 aliphatic rings. The lowest BCUT2D eigenvalue weighted by molar-refractivity contribution is -0.385. The molecular weight excluding hydrogens is 246 g/mol. The van der Waals surface area contributed by atoms with Crippen LogP contribution in [0, 0.1) is 17.0 Å². The van der Waals surface area contributed by atoms with Gasteiger partial charge in [-0.2, -0.15) is 0 Å². The van der Waals surface area contributed by atoms with Gasteiger partial charge in [-0.05, 0) is 13.5 Å². The summed E-state index contributed by atoms with van der Waals surface area (Å²) in [7, 11) is 0. The molecule has 0 amide bonds. The maximum Gasteiger partial charge on any atom is 0.273 e. The first-order valence-corrected chi connectivity index (χ1v) is 6.03. The minimum Gasteiger partial charge on any atom is -0.356 e. The molecule has 1 aromatic carbocycles. The number of nitro benzene ring substituents is 1. The number of benzene rings is 1. The van der Waals surface area contributed by atoms with E-state index in [1.807, 2.05) is 6.92 Å². The van der Waals surface area contributed by atoms with Crippen molar-refractivity contribution in [3.8, 4) is 11.3 Å². The molecule has 1 N–H and O–H groups in total. The minimum atomic E-state index is -0.390. The normalized spacial score (nSPS) is 10.6. The van der Waals surface area contributed by atoms with E-state index >= 15 is 0 Å². The van der Waals surface area contributed by atoms with E-state index in [0.29, 0.717) is 23.4 Å². The number of hydrogen-bond donors (Lipinski definition) is 1. The Bertz CT molecular complexity index is 593. The Morgan fingerprint density at radius 2 is 2.26 bits per heavy atom. The predicted octanol–water partition coefficient (Wildman–Crippen LogP) is 2.67. The average molecular weight is 261 g/mol. The summed E-state index contributed by atoms with van der Waals surface area (Å²) < 4.78 is 5.21. The predicted molar refractivity (Wildman–Crippen MR) is 70.7 cm³/mol. The van der Waals surface area contributed by atoms with Crippen LogP contribution in [0.5, 0.6) is 0 Å². The largest absolute Gasteiger partial charge is 0.356 e. The molecule has 1 aromatic heterocycles. The quantitative estimate of drug-likeness (QED) is 0.661. The highest BCUT2D eigenvalue weighted by molar-refractivity contribution is 5.65. The minimum absolute atomic E-state index is 0.0864. The van der Waals surface area contributed by atoms with Crippen LogP contribution in [0.3, 0.4) is 0 Å². The first-order valence-electron chi connectivity index (χ1n) is 6.03. The van der Waals surface area contributed by atoms with E-state index in [1.54, 1.807) is 25.3 Å². The van der Waals surface area contributed by atoms with Crippen LogP contribution in [-0.2, 0) is 6.54 Å². The number of nitrogens with zero attached hydrogens (tertiary/aromatic N) is 2. The van der Waals surface area contributed by atoms with Crippen LogP contribution < -0.4 is 5.32 Å². The number of aromatic nitrogens is 1. The summed E-state index contributed by atoms with van der Waals surface area (Å²) in [6.07, 6.45) is 1.63. The monoisotopic (exact) mass is 261 g/mol. The Balaban J connectivity index is 2.39. The van der Waals surface area contributed by atoms with Gasteiger partial charge in [0.15, 0.2) is 5.76 Å². The summed E-state index contributed by atoms with van der Waals surface area (Å²) in [6, 6.07) is 5.04. The molecule has 2 rings (SSSR count). The molecule has 0 radical (unpaired) electrons. The van der Waals surface area contributed by atoms with E-state index < -0.39 is 0 Å². The van der Waals surface area contributed by atoms with Crippen LogP contribution in [0.1, 0.15) is 18.1 Å². The van der Waals surface area contributed by atoms with Crippen molar-refractivity contribution in [1.29, 1.82) is 0 Å². The van der Waals surface area contributed by atoms with Gasteiger partial charge in [0.05, 0.1) is 11.1 Å². The molecule has 0 aliphatic heterocycles. The Labute approximate surface area is 110 Å². The number of hydrogen-bond acceptors (Lipinski definition) is 5. The van der Waals surface area contributed by atoms with E-state index in [0.717, 1.165) is 12.1 Å². The lowest BCUT2D eigenvalue weighted by Crippen LogP contribution is -2.11. The zero-order valence-electron chi connectivity index (χ0n) is 10.8. The van der Waals surface area contributed by atoms with Gasteiger partial charge >= 0.3 is 0 Å². The van der Waals surface area contributed by atoms with Crippen LogP contribution in [-0.4, -0.2) is 16.6 Å². The fourth-order valence-corrected chi connectivity index (χ4v) is 1.83. The fraction of sp³-hybridized carbons (Fsp3) is 0.308. The molecule has 100 valence electrons. The molecule has 19 heavy (non-hydrogen) atoms. The Hall–Kier alpha value is -2.21. The standard InChI is InChI=1S/C13H15N3O3/c1-3-14-7-11-8-15-19-13(11)10-5-4-9(2)12(6-10)16(17)18/h4-6,8,14H,3,7H2,1-2H3. The van der Waals surface area contributed by atoms with Gasteiger partial charge < -0.3 is 9.84 Å². The Kier molecular flexibility index (Phi) is 3.91. The molecule has 0 atom stereocenters. The summed E-state index contributed by atoms with van der Waals surface area (Å²) in [5.41, 5.74) is 2.27. The van der Waals surface area contributed by atoms with Gasteiger partial charge in [0.2, 0.25) is 0 Å². The first-order chi connectivity index (χ1) is 9.13. The Morgan fingerprint density at radius 1 is 1.47 bits per heavy atom. The zero-order valence-corrected chi connectivity index (χ0v) is 10.8.